The van der Waals surface area contributed by atoms with Crippen LogP contribution in [0.15, 0.2) is 77.7 Å². The number of carboxylic acids is 1. The van der Waals surface area contributed by atoms with E-state index in [1.807, 2.05) is 60.7 Å². The first-order valence-electron chi connectivity index (χ1n) is 10.8. The smallest absolute Gasteiger partial charge is 0.360 e. The molecule has 1 amide bonds. The summed E-state index contributed by atoms with van der Waals surface area (Å²) in [5, 5.41) is 12.3. The number of rotatable bonds is 11. The molecule has 1 heterocycles. The molecule has 1 atom stereocenters. The van der Waals surface area contributed by atoms with Crippen LogP contribution >= 0.6 is 12.4 Å². The first kappa shape index (κ1) is 25.3. The summed E-state index contributed by atoms with van der Waals surface area (Å²) in [4.78, 5) is 29.1. The topological polar surface area (TPSA) is 78.8 Å². The second kappa shape index (κ2) is 12.2. The first-order chi connectivity index (χ1) is 15.0. The highest BCUT2D eigenvalue weighted by Gasteiger charge is 2.33. The molecule has 0 radical (unpaired) electrons. The van der Waals surface area contributed by atoms with E-state index < -0.39 is 11.9 Å². The van der Waals surface area contributed by atoms with Crippen molar-refractivity contribution in [3.8, 4) is 0 Å². The van der Waals surface area contributed by atoms with E-state index in [9.17, 15) is 14.7 Å². The molecule has 1 aliphatic heterocycles. The molecule has 0 saturated carbocycles. The van der Waals surface area contributed by atoms with Crippen LogP contribution in [0.1, 0.15) is 49.7 Å². The molecule has 0 spiro atoms. The van der Waals surface area contributed by atoms with Crippen molar-refractivity contribution in [1.82, 2.24) is 5.32 Å². The fourth-order valence-corrected chi connectivity index (χ4v) is 3.91. The van der Waals surface area contributed by atoms with Gasteiger partial charge in [0, 0.05) is 0 Å². The highest BCUT2D eigenvalue weighted by atomic mass is 35.5. The number of aliphatic carboxylic acids is 1. The fourth-order valence-electron chi connectivity index (χ4n) is 3.91. The maximum atomic E-state index is 13.3. The molecular weight excluding hydrogens is 426 g/mol. The average Bonchev–Trinajstić information content (AvgIpc) is 3.14. The van der Waals surface area contributed by atoms with Gasteiger partial charge in [0.2, 0.25) is 5.91 Å². The zero-order valence-corrected chi connectivity index (χ0v) is 19.1. The van der Waals surface area contributed by atoms with Crippen LogP contribution in [-0.2, 0) is 9.59 Å². The Kier molecular flexibility index (Phi) is 9.62. The summed E-state index contributed by atoms with van der Waals surface area (Å²) in [6, 6.07) is 19.2. The Morgan fingerprint density at radius 3 is 2.09 bits per heavy atom. The van der Waals surface area contributed by atoms with Gasteiger partial charge in [-0.05, 0) is 24.0 Å². The third-order valence-electron chi connectivity index (χ3n) is 5.44. The van der Waals surface area contributed by atoms with E-state index in [-0.39, 0.29) is 29.3 Å². The molecule has 0 aliphatic carbocycles. The average molecular weight is 457 g/mol. The van der Waals surface area contributed by atoms with Crippen molar-refractivity contribution in [2.75, 3.05) is 13.1 Å². The molecule has 0 bridgehead atoms. The second-order valence-corrected chi connectivity index (χ2v) is 7.94. The SMILES string of the molecule is CCCCCC[N+]1(CC(=O)O)C=NC(NC(=O)C(c2ccccc2)c2ccccc2)=C1.Cl. The maximum absolute atomic E-state index is 13.3. The van der Waals surface area contributed by atoms with E-state index >= 15 is 0 Å². The van der Waals surface area contributed by atoms with Crippen molar-refractivity contribution >= 4 is 30.6 Å². The number of quaternary nitrogens is 1. The number of hydrogen-bond donors (Lipinski definition) is 2. The van der Waals surface area contributed by atoms with Gasteiger partial charge in [-0.25, -0.2) is 9.28 Å². The predicted octanol–water partition coefficient (Wildman–Crippen LogP) is 4.68. The number of aliphatic imine (C=N–C) groups is 1. The molecule has 0 fully saturated rings. The molecule has 3 rings (SSSR count). The van der Waals surface area contributed by atoms with Crippen LogP contribution in [-0.4, -0.2) is 40.9 Å². The van der Waals surface area contributed by atoms with Gasteiger partial charge in [0.25, 0.3) is 0 Å². The van der Waals surface area contributed by atoms with E-state index in [4.69, 9.17) is 0 Å². The highest BCUT2D eigenvalue weighted by molar-refractivity contribution is 5.88. The van der Waals surface area contributed by atoms with E-state index in [1.54, 1.807) is 12.5 Å². The third-order valence-corrected chi connectivity index (χ3v) is 5.44. The Bertz CT molecular complexity index is 908. The zero-order valence-electron chi connectivity index (χ0n) is 18.3. The van der Waals surface area contributed by atoms with Crippen LogP contribution in [0, 0.1) is 0 Å². The van der Waals surface area contributed by atoms with Crippen LogP contribution in [0.2, 0.25) is 0 Å². The zero-order chi connectivity index (χ0) is 22.1. The summed E-state index contributed by atoms with van der Waals surface area (Å²) in [6.07, 6.45) is 7.57. The van der Waals surface area contributed by atoms with Crippen molar-refractivity contribution < 1.29 is 19.2 Å². The van der Waals surface area contributed by atoms with Crippen LogP contribution in [0.25, 0.3) is 0 Å². The van der Waals surface area contributed by atoms with Gasteiger partial charge < -0.3 is 10.4 Å². The van der Waals surface area contributed by atoms with Gasteiger partial charge in [0.1, 0.15) is 6.20 Å². The van der Waals surface area contributed by atoms with Crippen molar-refractivity contribution in [2.45, 2.75) is 38.5 Å². The Hall–Kier alpha value is -2.96. The number of halogens is 1. The lowest BCUT2D eigenvalue weighted by molar-refractivity contribution is -0.771. The van der Waals surface area contributed by atoms with Gasteiger partial charge in [-0.3, -0.25) is 4.79 Å². The number of benzene rings is 2. The Morgan fingerprint density at radius 2 is 1.56 bits per heavy atom. The number of unbranched alkanes of at least 4 members (excludes halogenated alkanes) is 3. The van der Waals surface area contributed by atoms with Crippen molar-refractivity contribution in [3.05, 3.63) is 83.8 Å². The summed E-state index contributed by atoms with van der Waals surface area (Å²) < 4.78 is 0.121. The monoisotopic (exact) mass is 456 g/mol. The number of nitrogens with one attached hydrogen (secondary N) is 1. The summed E-state index contributed by atoms with van der Waals surface area (Å²) in [6.45, 7) is 2.70. The summed E-state index contributed by atoms with van der Waals surface area (Å²) in [5.41, 5.74) is 1.78. The van der Waals surface area contributed by atoms with Gasteiger partial charge in [-0.1, -0.05) is 80.4 Å². The molecule has 2 N–H and O–H groups in total. The molecule has 1 aliphatic rings. The largest absolute Gasteiger partial charge is 0.477 e. The van der Waals surface area contributed by atoms with Gasteiger partial charge in [-0.2, -0.15) is 4.99 Å². The van der Waals surface area contributed by atoms with E-state index in [0.717, 1.165) is 36.8 Å². The normalized spacial score (nSPS) is 17.0. The molecule has 2 aromatic carbocycles. The van der Waals surface area contributed by atoms with Gasteiger partial charge in [0.15, 0.2) is 18.7 Å². The minimum Gasteiger partial charge on any atom is -0.477 e. The van der Waals surface area contributed by atoms with E-state index in [1.165, 1.54) is 0 Å². The molecule has 2 aromatic rings. The lowest BCUT2D eigenvalue weighted by atomic mass is 9.90. The number of nitrogens with zero attached hydrogens (tertiary/aromatic N) is 2. The fraction of sp³-hybridized carbons (Fsp3) is 0.320. The number of hydrogen-bond acceptors (Lipinski definition) is 3. The molecule has 0 aromatic heterocycles. The van der Waals surface area contributed by atoms with E-state index in [2.05, 4.69) is 17.2 Å². The quantitative estimate of drug-likeness (QED) is 0.380. The van der Waals surface area contributed by atoms with Crippen LogP contribution < -0.4 is 5.32 Å². The number of amides is 1. The lowest BCUT2D eigenvalue weighted by Gasteiger charge is -2.25. The first-order valence-corrected chi connectivity index (χ1v) is 10.8. The maximum Gasteiger partial charge on any atom is 0.360 e. The summed E-state index contributed by atoms with van der Waals surface area (Å²) >= 11 is 0. The summed E-state index contributed by atoms with van der Waals surface area (Å²) in [5.74, 6) is -1.16. The standard InChI is InChI=1S/C25H29N3O3.ClH/c1-2-3-4-11-16-28(18-23(29)30)17-22(26-19-28)27-25(31)24(20-12-7-5-8-13-20)21-14-9-6-10-15-21;/h5-10,12-15,17,19,24H,2-4,11,16,18H2,1H3,(H-,27,29,30,31);1H/p+1. The molecular formula is C25H31ClN3O3+. The second-order valence-electron chi connectivity index (χ2n) is 7.94. The van der Waals surface area contributed by atoms with Gasteiger partial charge >= 0.3 is 5.97 Å². The Labute approximate surface area is 195 Å². The van der Waals surface area contributed by atoms with Crippen molar-refractivity contribution in [2.24, 2.45) is 4.99 Å². The minimum absolute atomic E-state index is 0. The van der Waals surface area contributed by atoms with E-state index in [0.29, 0.717) is 12.4 Å². The molecule has 6 nitrogen and oxygen atoms in total. The Morgan fingerprint density at radius 1 is 0.969 bits per heavy atom. The lowest BCUT2D eigenvalue weighted by Crippen LogP contribution is -2.45. The predicted molar refractivity (Wildman–Crippen MR) is 128 cm³/mol. The summed E-state index contributed by atoms with van der Waals surface area (Å²) in [7, 11) is 0. The van der Waals surface area contributed by atoms with Gasteiger partial charge in [-0.15, -0.1) is 12.4 Å². The molecule has 0 saturated heterocycles. The number of carbonyl (C=O) groups excluding carboxylic acids is 1. The van der Waals surface area contributed by atoms with Crippen molar-refractivity contribution in [1.29, 1.82) is 0 Å². The van der Waals surface area contributed by atoms with Crippen molar-refractivity contribution in [3.63, 3.8) is 0 Å². The van der Waals surface area contributed by atoms with Crippen LogP contribution in [0.4, 0.5) is 0 Å². The number of carboxylic acid groups (broad SMARTS) is 1. The van der Waals surface area contributed by atoms with Crippen LogP contribution in [0.3, 0.4) is 0 Å². The number of carbonyl (C=O) groups is 2. The van der Waals surface area contributed by atoms with Crippen LogP contribution in [0.5, 0.6) is 0 Å². The minimum atomic E-state index is -0.891. The Balaban J connectivity index is 0.00000363. The molecule has 1 unspecified atom stereocenters. The van der Waals surface area contributed by atoms with Gasteiger partial charge in [0.05, 0.1) is 12.5 Å². The molecule has 32 heavy (non-hydrogen) atoms. The molecule has 170 valence electrons. The third kappa shape index (κ3) is 6.77. The highest BCUT2D eigenvalue weighted by Crippen LogP contribution is 2.26. The molecule has 7 heteroatoms.